The number of hydrogen-bond acceptors (Lipinski definition) is 3. The van der Waals surface area contributed by atoms with Crippen molar-refractivity contribution in [3.05, 3.63) is 35.9 Å². The highest BCUT2D eigenvalue weighted by atomic mass is 16.5. The van der Waals surface area contributed by atoms with Crippen molar-refractivity contribution in [1.29, 1.82) is 0 Å². The van der Waals surface area contributed by atoms with Gasteiger partial charge in [0.05, 0.1) is 18.4 Å². The van der Waals surface area contributed by atoms with Crippen molar-refractivity contribution in [2.24, 2.45) is 5.92 Å². The van der Waals surface area contributed by atoms with E-state index in [1.54, 1.807) is 0 Å². The molecular weight excluding hydrogens is 258 g/mol. The van der Waals surface area contributed by atoms with Crippen LogP contribution in [0.3, 0.4) is 0 Å². The Hall–Kier alpha value is -2.30. The number of ether oxygens (including phenoxy) is 1. The van der Waals surface area contributed by atoms with Crippen LogP contribution in [-0.2, 0) is 4.79 Å². The molecule has 0 bridgehead atoms. The fraction of sp³-hybridized carbons (Fsp3) is 0.333. The van der Waals surface area contributed by atoms with E-state index in [1.807, 2.05) is 13.8 Å². The summed E-state index contributed by atoms with van der Waals surface area (Å²) in [5, 5.41) is 11.6. The van der Waals surface area contributed by atoms with Gasteiger partial charge in [0.1, 0.15) is 5.75 Å². The molecule has 1 atom stereocenters. The number of carbonyl (C=O) groups excluding carboxylic acids is 1. The van der Waals surface area contributed by atoms with Crippen molar-refractivity contribution in [3.8, 4) is 5.75 Å². The summed E-state index contributed by atoms with van der Waals surface area (Å²) in [6.45, 7) is 7.45. The number of aromatic carboxylic acids is 1. The van der Waals surface area contributed by atoms with Crippen molar-refractivity contribution >= 4 is 17.6 Å². The van der Waals surface area contributed by atoms with E-state index in [4.69, 9.17) is 9.84 Å². The minimum absolute atomic E-state index is 0.106. The third kappa shape index (κ3) is 4.12. The van der Waals surface area contributed by atoms with Crippen LogP contribution in [0.15, 0.2) is 30.4 Å². The van der Waals surface area contributed by atoms with Gasteiger partial charge in [0.25, 0.3) is 0 Å². The van der Waals surface area contributed by atoms with Gasteiger partial charge in [-0.05, 0) is 31.5 Å². The molecule has 1 aromatic rings. The first-order valence-corrected chi connectivity index (χ1v) is 6.21. The first kappa shape index (κ1) is 15.8. The minimum atomic E-state index is -1.04. The van der Waals surface area contributed by atoms with Gasteiger partial charge in [-0.1, -0.05) is 12.5 Å². The Morgan fingerprint density at radius 3 is 2.60 bits per heavy atom. The minimum Gasteiger partial charge on any atom is -0.495 e. The Bertz CT molecular complexity index is 537. The van der Waals surface area contributed by atoms with Gasteiger partial charge in [0, 0.05) is 5.92 Å². The van der Waals surface area contributed by atoms with Crippen molar-refractivity contribution in [2.75, 3.05) is 12.4 Å². The number of hydrogen-bond donors (Lipinski definition) is 2. The first-order valence-electron chi connectivity index (χ1n) is 6.21. The van der Waals surface area contributed by atoms with E-state index in [1.165, 1.54) is 25.3 Å². The Kier molecular flexibility index (Phi) is 5.32. The zero-order valence-corrected chi connectivity index (χ0v) is 11.9. The summed E-state index contributed by atoms with van der Waals surface area (Å²) in [5.41, 5.74) is 1.49. The summed E-state index contributed by atoms with van der Waals surface area (Å²) in [6, 6.07) is 4.32. The maximum atomic E-state index is 12.0. The molecule has 0 radical (unpaired) electrons. The zero-order valence-electron chi connectivity index (χ0n) is 11.9. The monoisotopic (exact) mass is 277 g/mol. The third-order valence-electron chi connectivity index (χ3n) is 2.81. The molecule has 5 nitrogen and oxygen atoms in total. The lowest BCUT2D eigenvalue weighted by atomic mass is 10.0. The summed E-state index contributed by atoms with van der Waals surface area (Å²) in [4.78, 5) is 22.9. The van der Waals surface area contributed by atoms with Crippen LogP contribution < -0.4 is 10.1 Å². The quantitative estimate of drug-likeness (QED) is 0.784. The van der Waals surface area contributed by atoms with Crippen LogP contribution in [0.25, 0.3) is 0 Å². The molecular formula is C15H19NO4. The number of allylic oxidation sites excluding steroid dienone is 1. The van der Waals surface area contributed by atoms with E-state index < -0.39 is 5.97 Å². The third-order valence-corrected chi connectivity index (χ3v) is 2.81. The fourth-order valence-corrected chi connectivity index (χ4v) is 1.80. The van der Waals surface area contributed by atoms with E-state index in [9.17, 15) is 9.59 Å². The molecule has 0 aliphatic rings. The normalized spacial score (nSPS) is 11.6. The highest BCUT2D eigenvalue weighted by molar-refractivity contribution is 5.95. The molecule has 0 aliphatic heterocycles. The van der Waals surface area contributed by atoms with Crippen LogP contribution in [0.5, 0.6) is 5.75 Å². The molecule has 0 aromatic heterocycles. The van der Waals surface area contributed by atoms with Gasteiger partial charge >= 0.3 is 5.97 Å². The van der Waals surface area contributed by atoms with Gasteiger partial charge < -0.3 is 15.2 Å². The predicted octanol–water partition coefficient (Wildman–Crippen LogP) is 2.93. The Morgan fingerprint density at radius 1 is 1.45 bits per heavy atom. The van der Waals surface area contributed by atoms with E-state index >= 15 is 0 Å². The van der Waals surface area contributed by atoms with E-state index in [0.717, 1.165) is 5.57 Å². The number of nitrogens with one attached hydrogen (secondary N) is 1. The lowest BCUT2D eigenvalue weighted by Crippen LogP contribution is -2.21. The van der Waals surface area contributed by atoms with Crippen molar-refractivity contribution < 1.29 is 19.4 Å². The lowest BCUT2D eigenvalue weighted by molar-refractivity contribution is -0.119. The summed E-state index contributed by atoms with van der Waals surface area (Å²) < 4.78 is 5.10. The van der Waals surface area contributed by atoms with E-state index in [-0.39, 0.29) is 17.4 Å². The molecule has 0 spiro atoms. The number of carboxylic acids is 1. The van der Waals surface area contributed by atoms with Crippen LogP contribution >= 0.6 is 0 Å². The molecule has 1 unspecified atom stereocenters. The van der Waals surface area contributed by atoms with Gasteiger partial charge in [-0.25, -0.2) is 4.79 Å². The summed E-state index contributed by atoms with van der Waals surface area (Å²) >= 11 is 0. The second-order valence-electron chi connectivity index (χ2n) is 4.77. The standard InChI is InChI=1S/C15H19NO4/c1-9(2)7-10(3)14(17)16-12-6-5-11(15(18)19)8-13(12)20-4/h5-6,8,10H,1,7H2,2-4H3,(H,16,17)(H,18,19). The SMILES string of the molecule is C=C(C)CC(C)C(=O)Nc1ccc(C(=O)O)cc1OC. The van der Waals surface area contributed by atoms with Crippen LogP contribution in [0, 0.1) is 5.92 Å². The molecule has 0 saturated heterocycles. The van der Waals surface area contributed by atoms with Crippen LogP contribution in [0.1, 0.15) is 30.6 Å². The highest BCUT2D eigenvalue weighted by Gasteiger charge is 2.16. The maximum Gasteiger partial charge on any atom is 0.335 e. The van der Waals surface area contributed by atoms with Crippen molar-refractivity contribution in [1.82, 2.24) is 0 Å². The summed E-state index contributed by atoms with van der Waals surface area (Å²) in [7, 11) is 1.42. The van der Waals surface area contributed by atoms with Gasteiger partial charge in [0.2, 0.25) is 5.91 Å². The summed E-state index contributed by atoms with van der Waals surface area (Å²) in [6.07, 6.45) is 0.599. The van der Waals surface area contributed by atoms with Crippen molar-refractivity contribution in [2.45, 2.75) is 20.3 Å². The Labute approximate surface area is 118 Å². The summed E-state index contributed by atoms with van der Waals surface area (Å²) in [5.74, 6) is -1.09. The number of carboxylic acid groups (broad SMARTS) is 1. The second kappa shape index (κ2) is 6.75. The number of amides is 1. The number of benzene rings is 1. The molecule has 20 heavy (non-hydrogen) atoms. The zero-order chi connectivity index (χ0) is 15.3. The predicted molar refractivity (Wildman–Crippen MR) is 77.2 cm³/mol. The Balaban J connectivity index is 2.89. The molecule has 1 aromatic carbocycles. The number of carbonyl (C=O) groups is 2. The second-order valence-corrected chi connectivity index (χ2v) is 4.77. The average Bonchev–Trinajstić information content (AvgIpc) is 2.37. The maximum absolute atomic E-state index is 12.0. The molecule has 0 aliphatic carbocycles. The van der Waals surface area contributed by atoms with E-state index in [0.29, 0.717) is 17.9 Å². The highest BCUT2D eigenvalue weighted by Crippen LogP contribution is 2.26. The largest absolute Gasteiger partial charge is 0.495 e. The van der Waals surface area contributed by atoms with Gasteiger partial charge in [0.15, 0.2) is 0 Å². The molecule has 5 heteroatoms. The van der Waals surface area contributed by atoms with Gasteiger partial charge in [-0.15, -0.1) is 6.58 Å². The number of methoxy groups -OCH3 is 1. The molecule has 2 N–H and O–H groups in total. The molecule has 0 fully saturated rings. The Morgan fingerprint density at radius 2 is 2.10 bits per heavy atom. The number of anilines is 1. The topological polar surface area (TPSA) is 75.6 Å². The lowest BCUT2D eigenvalue weighted by Gasteiger charge is -2.14. The number of rotatable bonds is 6. The van der Waals surface area contributed by atoms with Gasteiger partial charge in [-0.2, -0.15) is 0 Å². The molecule has 0 heterocycles. The fourth-order valence-electron chi connectivity index (χ4n) is 1.80. The van der Waals surface area contributed by atoms with Gasteiger partial charge in [-0.3, -0.25) is 4.79 Å². The van der Waals surface area contributed by atoms with E-state index in [2.05, 4.69) is 11.9 Å². The molecule has 0 saturated carbocycles. The smallest absolute Gasteiger partial charge is 0.335 e. The van der Waals surface area contributed by atoms with Crippen LogP contribution in [0.2, 0.25) is 0 Å². The average molecular weight is 277 g/mol. The van der Waals surface area contributed by atoms with Crippen molar-refractivity contribution in [3.63, 3.8) is 0 Å². The molecule has 1 rings (SSSR count). The van der Waals surface area contributed by atoms with Crippen LogP contribution in [-0.4, -0.2) is 24.1 Å². The molecule has 1 amide bonds. The first-order chi connectivity index (χ1) is 9.35. The molecule has 108 valence electrons. The van der Waals surface area contributed by atoms with Crippen LogP contribution in [0.4, 0.5) is 5.69 Å².